The summed E-state index contributed by atoms with van der Waals surface area (Å²) in [5, 5.41) is 13.2. The number of methoxy groups -OCH3 is 1. The van der Waals surface area contributed by atoms with E-state index in [1.165, 1.54) is 23.8 Å². The molecule has 1 heterocycles. The maximum atomic E-state index is 12.4. The molecule has 1 aliphatic heterocycles. The Labute approximate surface area is 167 Å². The van der Waals surface area contributed by atoms with E-state index in [9.17, 15) is 9.90 Å². The lowest BCUT2D eigenvalue weighted by molar-refractivity contribution is -0.138. The van der Waals surface area contributed by atoms with Crippen molar-refractivity contribution in [2.24, 2.45) is 0 Å². The zero-order valence-electron chi connectivity index (χ0n) is 16.8. The lowest BCUT2D eigenvalue weighted by atomic mass is 9.77. The molecule has 1 aliphatic rings. The van der Waals surface area contributed by atoms with E-state index in [0.717, 1.165) is 0 Å². The van der Waals surface area contributed by atoms with Gasteiger partial charge in [0.25, 0.3) is 0 Å². The van der Waals surface area contributed by atoms with Crippen LogP contribution in [0.5, 0.6) is 0 Å². The molecule has 150 valence electrons. The Balaban J connectivity index is 1.75. The van der Waals surface area contributed by atoms with Gasteiger partial charge in [0, 0.05) is 37.7 Å². The average Bonchev–Trinajstić information content (AvgIpc) is 2.68. The summed E-state index contributed by atoms with van der Waals surface area (Å²) in [5.41, 5.74) is 3.55. The number of rotatable bonds is 8. The molecule has 2 N–H and O–H groups in total. The number of aliphatic hydroxyl groups is 1. The van der Waals surface area contributed by atoms with Crippen molar-refractivity contribution >= 4 is 5.91 Å². The number of nitrogens with one attached hydrogen (secondary N) is 1. The first-order valence-electron chi connectivity index (χ1n) is 9.85. The number of carbonyl (C=O) groups excluding carboxylic acids is 1. The fourth-order valence-electron chi connectivity index (χ4n) is 3.99. The van der Waals surface area contributed by atoms with Crippen LogP contribution in [0.25, 0.3) is 11.1 Å². The molecule has 0 unspecified atom stereocenters. The van der Waals surface area contributed by atoms with Crippen molar-refractivity contribution in [3.8, 4) is 11.1 Å². The molecule has 0 spiro atoms. The standard InChI is InChI=1S/C23H30N2O3/c1-16(2)25(22(27)15-28-3)13-20-23(21(14-26)24-20)19-11-9-18(10-12-19)17-7-5-4-6-8-17/h4-12,16,20-21,23-24,26H,13-15H2,1-3H3/t20-,21-,23-/m0/s1. The molecular weight excluding hydrogens is 352 g/mol. The van der Waals surface area contributed by atoms with Crippen LogP contribution in [0.15, 0.2) is 54.6 Å². The van der Waals surface area contributed by atoms with Crippen molar-refractivity contribution in [2.75, 3.05) is 26.9 Å². The van der Waals surface area contributed by atoms with Gasteiger partial charge in [0.15, 0.2) is 0 Å². The summed E-state index contributed by atoms with van der Waals surface area (Å²) in [6.07, 6.45) is 0. The van der Waals surface area contributed by atoms with Gasteiger partial charge >= 0.3 is 0 Å². The third kappa shape index (κ3) is 4.43. The monoisotopic (exact) mass is 382 g/mol. The fraction of sp³-hybridized carbons (Fsp3) is 0.435. The first-order valence-corrected chi connectivity index (χ1v) is 9.85. The summed E-state index contributed by atoms with van der Waals surface area (Å²) in [6.45, 7) is 4.79. The minimum Gasteiger partial charge on any atom is -0.395 e. The van der Waals surface area contributed by atoms with Crippen LogP contribution in [0.2, 0.25) is 0 Å². The number of carbonyl (C=O) groups is 1. The molecule has 0 aliphatic carbocycles. The van der Waals surface area contributed by atoms with E-state index < -0.39 is 0 Å². The maximum absolute atomic E-state index is 12.4. The Kier molecular flexibility index (Phi) is 6.83. The molecular formula is C23H30N2O3. The molecule has 3 atom stereocenters. The number of benzene rings is 2. The fourth-order valence-corrected chi connectivity index (χ4v) is 3.99. The number of hydrogen-bond donors (Lipinski definition) is 2. The van der Waals surface area contributed by atoms with E-state index in [2.05, 4.69) is 41.7 Å². The molecule has 5 heteroatoms. The van der Waals surface area contributed by atoms with Gasteiger partial charge in [-0.15, -0.1) is 0 Å². The third-order valence-corrected chi connectivity index (χ3v) is 5.50. The number of aliphatic hydroxyl groups excluding tert-OH is 1. The largest absolute Gasteiger partial charge is 0.395 e. The third-order valence-electron chi connectivity index (χ3n) is 5.50. The average molecular weight is 383 g/mol. The molecule has 0 aromatic heterocycles. The summed E-state index contributed by atoms with van der Waals surface area (Å²) in [5.74, 6) is 0.163. The van der Waals surface area contributed by atoms with Gasteiger partial charge in [0.2, 0.25) is 5.91 Å². The second-order valence-electron chi connectivity index (χ2n) is 7.65. The molecule has 1 amide bonds. The molecule has 2 aromatic rings. The van der Waals surface area contributed by atoms with E-state index >= 15 is 0 Å². The molecule has 1 saturated heterocycles. The van der Waals surface area contributed by atoms with Crippen molar-refractivity contribution in [3.63, 3.8) is 0 Å². The molecule has 0 bridgehead atoms. The Morgan fingerprint density at radius 3 is 2.29 bits per heavy atom. The second-order valence-corrected chi connectivity index (χ2v) is 7.65. The van der Waals surface area contributed by atoms with Crippen molar-refractivity contribution in [1.29, 1.82) is 0 Å². The quantitative estimate of drug-likeness (QED) is 0.737. The van der Waals surface area contributed by atoms with Crippen molar-refractivity contribution in [3.05, 3.63) is 60.2 Å². The van der Waals surface area contributed by atoms with Crippen LogP contribution in [0.1, 0.15) is 25.3 Å². The Bertz CT molecular complexity index is 761. The highest BCUT2D eigenvalue weighted by Gasteiger charge is 2.42. The van der Waals surface area contributed by atoms with Crippen molar-refractivity contribution < 1.29 is 14.6 Å². The van der Waals surface area contributed by atoms with Gasteiger partial charge in [-0.1, -0.05) is 54.6 Å². The molecule has 0 radical (unpaired) electrons. The molecule has 1 fully saturated rings. The first-order chi connectivity index (χ1) is 13.5. The first kappa shape index (κ1) is 20.5. The van der Waals surface area contributed by atoms with Crippen LogP contribution in [0.3, 0.4) is 0 Å². The Hall–Kier alpha value is -2.21. The summed E-state index contributed by atoms with van der Waals surface area (Å²) < 4.78 is 5.03. The summed E-state index contributed by atoms with van der Waals surface area (Å²) in [6, 6.07) is 19.0. The predicted octanol–water partition coefficient (Wildman–Crippen LogP) is 2.65. The predicted molar refractivity (Wildman–Crippen MR) is 111 cm³/mol. The van der Waals surface area contributed by atoms with Gasteiger partial charge in [-0.3, -0.25) is 4.79 Å². The molecule has 0 saturated carbocycles. The molecule has 5 nitrogen and oxygen atoms in total. The lowest BCUT2D eigenvalue weighted by Gasteiger charge is -2.48. The van der Waals surface area contributed by atoms with Gasteiger partial charge in [0.1, 0.15) is 6.61 Å². The normalized spacial score (nSPS) is 21.4. The summed E-state index contributed by atoms with van der Waals surface area (Å²) in [7, 11) is 1.54. The number of nitrogens with zero attached hydrogens (tertiary/aromatic N) is 1. The van der Waals surface area contributed by atoms with Crippen LogP contribution in [0, 0.1) is 0 Å². The second kappa shape index (κ2) is 9.32. The highest BCUT2D eigenvalue weighted by molar-refractivity contribution is 5.77. The van der Waals surface area contributed by atoms with Crippen LogP contribution in [0.4, 0.5) is 0 Å². The van der Waals surface area contributed by atoms with Crippen LogP contribution < -0.4 is 5.32 Å². The molecule has 28 heavy (non-hydrogen) atoms. The highest BCUT2D eigenvalue weighted by atomic mass is 16.5. The van der Waals surface area contributed by atoms with Gasteiger partial charge in [0.05, 0.1) is 6.61 Å². The van der Waals surface area contributed by atoms with Gasteiger partial charge in [-0.25, -0.2) is 0 Å². The number of ether oxygens (including phenoxy) is 1. The molecule has 3 rings (SSSR count). The van der Waals surface area contributed by atoms with E-state index in [0.29, 0.717) is 6.54 Å². The van der Waals surface area contributed by atoms with Gasteiger partial charge in [-0.05, 0) is 30.5 Å². The van der Waals surface area contributed by atoms with E-state index in [1.54, 1.807) is 0 Å². The molecule has 2 aromatic carbocycles. The maximum Gasteiger partial charge on any atom is 0.248 e. The smallest absolute Gasteiger partial charge is 0.248 e. The minimum absolute atomic E-state index is 0.00933. The topological polar surface area (TPSA) is 61.8 Å². The number of amides is 1. The van der Waals surface area contributed by atoms with Crippen molar-refractivity contribution in [2.45, 2.75) is 37.9 Å². The summed E-state index contributed by atoms with van der Waals surface area (Å²) in [4.78, 5) is 14.2. The van der Waals surface area contributed by atoms with E-state index in [4.69, 9.17) is 4.74 Å². The highest BCUT2D eigenvalue weighted by Crippen LogP contribution is 2.34. The SMILES string of the molecule is COCC(=O)N(C[C@@H]1N[C@@H](CO)[C@H]1c1ccc(-c2ccccc2)cc1)C(C)C. The Morgan fingerprint density at radius 2 is 1.71 bits per heavy atom. The van der Waals surface area contributed by atoms with Crippen LogP contribution >= 0.6 is 0 Å². The van der Waals surface area contributed by atoms with E-state index in [1.807, 2.05) is 36.9 Å². The van der Waals surface area contributed by atoms with E-state index in [-0.39, 0.29) is 43.2 Å². The Morgan fingerprint density at radius 1 is 1.07 bits per heavy atom. The van der Waals surface area contributed by atoms with Crippen molar-refractivity contribution in [1.82, 2.24) is 10.2 Å². The van der Waals surface area contributed by atoms with Crippen LogP contribution in [-0.2, 0) is 9.53 Å². The number of hydrogen-bond acceptors (Lipinski definition) is 4. The lowest BCUT2D eigenvalue weighted by Crippen LogP contribution is -2.65. The van der Waals surface area contributed by atoms with Gasteiger partial charge < -0.3 is 20.1 Å². The zero-order valence-corrected chi connectivity index (χ0v) is 16.8. The summed E-state index contributed by atoms with van der Waals surface area (Å²) >= 11 is 0. The van der Waals surface area contributed by atoms with Crippen LogP contribution in [-0.4, -0.2) is 60.9 Å². The minimum atomic E-state index is -0.00933. The van der Waals surface area contributed by atoms with Gasteiger partial charge in [-0.2, -0.15) is 0 Å². The zero-order chi connectivity index (χ0) is 20.1.